The second-order valence-electron chi connectivity index (χ2n) is 5.42. The Morgan fingerprint density at radius 2 is 2.04 bits per heavy atom. The van der Waals surface area contributed by atoms with Gasteiger partial charge in [0.05, 0.1) is 18.9 Å². The Morgan fingerprint density at radius 1 is 1.31 bits per heavy atom. The number of benzene rings is 2. The number of halogens is 2. The molecular formula is C18H18Br2N2O4. The lowest BCUT2D eigenvalue weighted by Gasteiger charge is -2.10. The van der Waals surface area contributed by atoms with E-state index in [1.54, 1.807) is 6.07 Å². The van der Waals surface area contributed by atoms with Gasteiger partial charge in [0.25, 0.3) is 5.91 Å². The first-order valence-corrected chi connectivity index (χ1v) is 9.19. The van der Waals surface area contributed by atoms with Gasteiger partial charge in [-0.3, -0.25) is 4.79 Å². The fourth-order valence-corrected chi connectivity index (χ4v) is 2.94. The summed E-state index contributed by atoms with van der Waals surface area (Å²) in [5, 5.41) is 14.0. The van der Waals surface area contributed by atoms with E-state index in [1.807, 2.05) is 32.0 Å². The molecule has 1 amide bonds. The first kappa shape index (κ1) is 20.3. The van der Waals surface area contributed by atoms with Crippen LogP contribution in [-0.2, 0) is 4.79 Å². The standard InChI is InChI=1S/C18H18Br2N2O4/c1-10-5-4-6-14(11(10)2)26-9-16(23)22-21-8-12-17(20)13(19)7-15(25-3)18(12)24/h4-8,24H,9H2,1-3H3,(H,22,23). The van der Waals surface area contributed by atoms with Gasteiger partial charge in [0.15, 0.2) is 18.1 Å². The summed E-state index contributed by atoms with van der Waals surface area (Å²) in [6.45, 7) is 3.74. The lowest BCUT2D eigenvalue weighted by molar-refractivity contribution is -0.123. The second-order valence-corrected chi connectivity index (χ2v) is 7.06. The lowest BCUT2D eigenvalue weighted by Crippen LogP contribution is -2.24. The van der Waals surface area contributed by atoms with Gasteiger partial charge >= 0.3 is 0 Å². The van der Waals surface area contributed by atoms with Crippen LogP contribution in [0, 0.1) is 13.8 Å². The number of phenols is 1. The maximum atomic E-state index is 11.9. The molecule has 0 aliphatic carbocycles. The van der Waals surface area contributed by atoms with Crippen molar-refractivity contribution in [2.24, 2.45) is 5.10 Å². The molecule has 0 unspecified atom stereocenters. The minimum absolute atomic E-state index is 0.0905. The summed E-state index contributed by atoms with van der Waals surface area (Å²) in [5.74, 6) is 0.430. The number of hydrogen-bond donors (Lipinski definition) is 2. The van der Waals surface area contributed by atoms with Crippen LogP contribution in [-0.4, -0.2) is 30.9 Å². The Kier molecular flexibility index (Phi) is 7.05. The van der Waals surface area contributed by atoms with Crippen molar-refractivity contribution in [2.75, 3.05) is 13.7 Å². The van der Waals surface area contributed by atoms with Crippen LogP contribution in [0.4, 0.5) is 0 Å². The summed E-state index contributed by atoms with van der Waals surface area (Å²) in [6.07, 6.45) is 1.32. The number of hydrogen-bond acceptors (Lipinski definition) is 5. The molecule has 8 heteroatoms. The van der Waals surface area contributed by atoms with E-state index in [-0.39, 0.29) is 18.1 Å². The molecule has 138 valence electrons. The number of phenolic OH excluding ortho intramolecular Hbond substituents is 1. The van der Waals surface area contributed by atoms with Crippen molar-refractivity contribution in [1.82, 2.24) is 5.43 Å². The van der Waals surface area contributed by atoms with Crippen molar-refractivity contribution in [1.29, 1.82) is 0 Å². The molecule has 0 bridgehead atoms. The summed E-state index contributed by atoms with van der Waals surface area (Å²) in [5.41, 5.74) is 4.80. The number of carbonyl (C=O) groups excluding carboxylic acids is 1. The van der Waals surface area contributed by atoms with Crippen molar-refractivity contribution in [3.8, 4) is 17.2 Å². The molecule has 0 fully saturated rings. The third-order valence-corrected chi connectivity index (χ3v) is 5.72. The van der Waals surface area contributed by atoms with Crippen LogP contribution >= 0.6 is 31.9 Å². The van der Waals surface area contributed by atoms with E-state index >= 15 is 0 Å². The van der Waals surface area contributed by atoms with Crippen molar-refractivity contribution >= 4 is 44.0 Å². The summed E-state index contributed by atoms with van der Waals surface area (Å²) >= 11 is 6.70. The Balaban J connectivity index is 2.01. The minimum atomic E-state index is -0.417. The molecule has 0 atom stereocenters. The van der Waals surface area contributed by atoms with E-state index in [2.05, 4.69) is 42.4 Å². The van der Waals surface area contributed by atoms with Gasteiger partial charge in [-0.1, -0.05) is 12.1 Å². The van der Waals surface area contributed by atoms with Crippen molar-refractivity contribution in [3.05, 3.63) is 49.9 Å². The number of amides is 1. The Hall–Kier alpha value is -2.06. The van der Waals surface area contributed by atoms with E-state index in [9.17, 15) is 9.90 Å². The number of aromatic hydroxyl groups is 1. The number of hydrazone groups is 1. The zero-order valence-corrected chi connectivity index (χ0v) is 17.6. The maximum Gasteiger partial charge on any atom is 0.277 e. The molecule has 0 spiro atoms. The number of nitrogens with one attached hydrogen (secondary N) is 1. The van der Waals surface area contributed by atoms with Gasteiger partial charge in [-0.05, 0) is 69.0 Å². The fraction of sp³-hybridized carbons (Fsp3) is 0.222. The van der Waals surface area contributed by atoms with Gasteiger partial charge in [-0.2, -0.15) is 5.10 Å². The molecule has 2 rings (SSSR count). The molecule has 6 nitrogen and oxygen atoms in total. The van der Waals surface area contributed by atoms with Crippen LogP contribution in [0.1, 0.15) is 16.7 Å². The lowest BCUT2D eigenvalue weighted by atomic mass is 10.1. The zero-order valence-electron chi connectivity index (χ0n) is 14.5. The molecular weight excluding hydrogens is 468 g/mol. The molecule has 0 aliphatic rings. The summed E-state index contributed by atoms with van der Waals surface area (Å²) in [7, 11) is 1.45. The molecule has 0 aromatic heterocycles. The molecule has 0 saturated heterocycles. The molecule has 26 heavy (non-hydrogen) atoms. The average Bonchev–Trinajstić information content (AvgIpc) is 2.62. The highest BCUT2D eigenvalue weighted by molar-refractivity contribution is 9.13. The van der Waals surface area contributed by atoms with E-state index in [0.29, 0.717) is 20.3 Å². The van der Waals surface area contributed by atoms with E-state index in [0.717, 1.165) is 11.1 Å². The molecule has 0 saturated carbocycles. The molecule has 2 aromatic carbocycles. The smallest absolute Gasteiger partial charge is 0.277 e. The maximum absolute atomic E-state index is 11.9. The summed E-state index contributed by atoms with van der Waals surface area (Å²) in [6, 6.07) is 7.27. The van der Waals surface area contributed by atoms with Crippen molar-refractivity contribution in [2.45, 2.75) is 13.8 Å². The van der Waals surface area contributed by atoms with Crippen LogP contribution in [0.2, 0.25) is 0 Å². The van der Waals surface area contributed by atoms with Gasteiger partial charge in [0.1, 0.15) is 5.75 Å². The first-order valence-electron chi connectivity index (χ1n) is 7.61. The predicted molar refractivity (Wildman–Crippen MR) is 107 cm³/mol. The van der Waals surface area contributed by atoms with Crippen molar-refractivity contribution in [3.63, 3.8) is 0 Å². The van der Waals surface area contributed by atoms with E-state index < -0.39 is 5.91 Å². The quantitative estimate of drug-likeness (QED) is 0.477. The van der Waals surface area contributed by atoms with Gasteiger partial charge in [0, 0.05) is 8.95 Å². The van der Waals surface area contributed by atoms with Gasteiger partial charge < -0.3 is 14.6 Å². The number of methoxy groups -OCH3 is 1. The van der Waals surface area contributed by atoms with Crippen LogP contribution in [0.15, 0.2) is 38.3 Å². The van der Waals surface area contributed by atoms with E-state index in [4.69, 9.17) is 9.47 Å². The normalized spacial score (nSPS) is 10.8. The van der Waals surface area contributed by atoms with Crippen molar-refractivity contribution < 1.29 is 19.4 Å². The topological polar surface area (TPSA) is 80.2 Å². The Bertz CT molecular complexity index is 854. The Morgan fingerprint density at radius 3 is 2.73 bits per heavy atom. The number of nitrogens with zero attached hydrogens (tertiary/aromatic N) is 1. The number of ether oxygens (including phenoxy) is 2. The second kappa shape index (κ2) is 9.05. The highest BCUT2D eigenvalue weighted by Crippen LogP contribution is 2.39. The third-order valence-electron chi connectivity index (χ3n) is 3.71. The SMILES string of the molecule is COc1cc(Br)c(Br)c(C=NNC(=O)COc2cccc(C)c2C)c1O. The van der Waals surface area contributed by atoms with Crippen LogP contribution in [0.25, 0.3) is 0 Å². The summed E-state index contributed by atoms with van der Waals surface area (Å²) in [4.78, 5) is 11.9. The molecule has 0 heterocycles. The largest absolute Gasteiger partial charge is 0.504 e. The number of aryl methyl sites for hydroxylation is 1. The van der Waals surface area contributed by atoms with Gasteiger partial charge in [-0.25, -0.2) is 5.43 Å². The Labute approximate surface area is 168 Å². The summed E-state index contributed by atoms with van der Waals surface area (Å²) < 4.78 is 11.9. The molecule has 2 N–H and O–H groups in total. The highest BCUT2D eigenvalue weighted by Gasteiger charge is 2.14. The van der Waals surface area contributed by atoms with Crippen LogP contribution in [0.3, 0.4) is 0 Å². The molecule has 2 aromatic rings. The highest BCUT2D eigenvalue weighted by atomic mass is 79.9. The zero-order chi connectivity index (χ0) is 19.3. The van der Waals surface area contributed by atoms with Crippen LogP contribution in [0.5, 0.6) is 17.2 Å². The molecule has 0 aliphatic heterocycles. The van der Waals surface area contributed by atoms with E-state index in [1.165, 1.54) is 13.3 Å². The number of rotatable bonds is 6. The van der Waals surface area contributed by atoms with Gasteiger partial charge in [0.2, 0.25) is 0 Å². The molecule has 0 radical (unpaired) electrons. The van der Waals surface area contributed by atoms with Gasteiger partial charge in [-0.15, -0.1) is 0 Å². The van der Waals surface area contributed by atoms with Crippen LogP contribution < -0.4 is 14.9 Å². The fourth-order valence-electron chi connectivity index (χ4n) is 2.11. The third kappa shape index (κ3) is 4.76. The average molecular weight is 486 g/mol. The number of carbonyl (C=O) groups is 1. The predicted octanol–water partition coefficient (Wildman–Crippen LogP) is 4.07. The first-order chi connectivity index (χ1) is 12.3. The minimum Gasteiger partial charge on any atom is -0.504 e. The monoisotopic (exact) mass is 484 g/mol.